The van der Waals surface area contributed by atoms with E-state index >= 15 is 0 Å². The average Bonchev–Trinajstić information content (AvgIpc) is 3.16. The van der Waals surface area contributed by atoms with Crippen molar-refractivity contribution in [3.63, 3.8) is 0 Å². The molecule has 0 bridgehead atoms. The number of hydrogen-bond acceptors (Lipinski definition) is 5. The molecule has 0 aliphatic rings. The molecular weight excluding hydrogens is 350 g/mol. The Morgan fingerprint density at radius 3 is 2.54 bits per heavy atom. The fraction of sp³-hybridized carbons (Fsp3) is 0.474. The summed E-state index contributed by atoms with van der Waals surface area (Å²) in [5, 5.41) is 6.53. The Morgan fingerprint density at radius 1 is 1.31 bits per heavy atom. The van der Waals surface area contributed by atoms with Gasteiger partial charge in [-0.1, -0.05) is 20.8 Å². The van der Waals surface area contributed by atoms with Gasteiger partial charge in [0.15, 0.2) is 0 Å². The summed E-state index contributed by atoms with van der Waals surface area (Å²) in [7, 11) is 3.88. The smallest absolute Gasteiger partial charge is 0.261 e. The van der Waals surface area contributed by atoms with Crippen LogP contribution in [0.15, 0.2) is 28.9 Å². The molecular formula is C19H27N3O3S. The first-order valence-corrected chi connectivity index (χ1v) is 9.31. The molecule has 7 heteroatoms. The van der Waals surface area contributed by atoms with Gasteiger partial charge in [-0.25, -0.2) is 0 Å². The lowest BCUT2D eigenvalue weighted by Crippen LogP contribution is -2.34. The molecule has 2 aromatic heterocycles. The highest BCUT2D eigenvalue weighted by Gasteiger charge is 2.24. The second-order valence-corrected chi connectivity index (χ2v) is 8.58. The number of anilines is 1. The Balaban J connectivity index is 2.04. The third-order valence-corrected chi connectivity index (χ3v) is 5.14. The van der Waals surface area contributed by atoms with Crippen LogP contribution in [0.25, 0.3) is 0 Å². The number of thiophene rings is 1. The van der Waals surface area contributed by atoms with Crippen LogP contribution in [0.5, 0.6) is 0 Å². The van der Waals surface area contributed by atoms with Crippen LogP contribution in [-0.2, 0) is 4.79 Å². The summed E-state index contributed by atoms with van der Waals surface area (Å²) < 4.78 is 5.46. The maximum Gasteiger partial charge on any atom is 0.261 e. The van der Waals surface area contributed by atoms with Gasteiger partial charge >= 0.3 is 0 Å². The van der Waals surface area contributed by atoms with Gasteiger partial charge in [-0.2, -0.15) is 0 Å². The molecule has 0 saturated heterocycles. The normalized spacial score (nSPS) is 12.9. The molecule has 26 heavy (non-hydrogen) atoms. The third-order valence-electron chi connectivity index (χ3n) is 3.99. The zero-order valence-corrected chi connectivity index (χ0v) is 17.0. The lowest BCUT2D eigenvalue weighted by atomic mass is 9.96. The molecule has 2 N–H and O–H groups in total. The van der Waals surface area contributed by atoms with E-state index < -0.39 is 5.41 Å². The topological polar surface area (TPSA) is 74.6 Å². The minimum Gasteiger partial charge on any atom is -0.468 e. The Morgan fingerprint density at radius 2 is 2.00 bits per heavy atom. The van der Waals surface area contributed by atoms with E-state index in [2.05, 4.69) is 10.6 Å². The molecule has 2 rings (SSSR count). The maximum atomic E-state index is 12.6. The number of nitrogens with one attached hydrogen (secondary N) is 2. The van der Waals surface area contributed by atoms with Crippen LogP contribution >= 0.6 is 11.3 Å². The summed E-state index contributed by atoms with van der Waals surface area (Å²) >= 11 is 1.29. The zero-order valence-electron chi connectivity index (χ0n) is 16.2. The summed E-state index contributed by atoms with van der Waals surface area (Å²) in [6.45, 7) is 7.86. The number of rotatable bonds is 6. The molecule has 6 nitrogen and oxygen atoms in total. The standard InChI is InChI=1S/C19H27N3O3S/c1-12-10-15(21-18(24)19(2,3)4)26-16(12)17(23)20-11-13(22(5)6)14-8-7-9-25-14/h7-10,13H,11H2,1-6H3,(H,20,23)(H,21,24). The van der Waals surface area contributed by atoms with Crippen LogP contribution in [0.4, 0.5) is 5.00 Å². The molecule has 0 fully saturated rings. The predicted octanol–water partition coefficient (Wildman–Crippen LogP) is 3.67. The van der Waals surface area contributed by atoms with Crippen molar-refractivity contribution in [1.82, 2.24) is 10.2 Å². The fourth-order valence-corrected chi connectivity index (χ4v) is 3.34. The second kappa shape index (κ2) is 8.05. The van der Waals surface area contributed by atoms with E-state index in [-0.39, 0.29) is 17.9 Å². The SMILES string of the molecule is Cc1cc(NC(=O)C(C)(C)C)sc1C(=O)NCC(c1ccco1)N(C)C. The van der Waals surface area contributed by atoms with Gasteiger partial charge in [-0.3, -0.25) is 14.5 Å². The van der Waals surface area contributed by atoms with Gasteiger partial charge in [0.25, 0.3) is 5.91 Å². The summed E-state index contributed by atoms with van der Waals surface area (Å²) in [4.78, 5) is 27.3. The number of carbonyl (C=O) groups excluding carboxylic acids is 2. The quantitative estimate of drug-likeness (QED) is 0.805. The first-order valence-electron chi connectivity index (χ1n) is 8.49. The molecule has 2 amide bonds. The summed E-state index contributed by atoms with van der Waals surface area (Å²) in [5.74, 6) is 0.578. The van der Waals surface area contributed by atoms with Gasteiger partial charge in [-0.15, -0.1) is 11.3 Å². The third kappa shape index (κ3) is 4.95. The van der Waals surface area contributed by atoms with Crippen molar-refractivity contribution in [1.29, 1.82) is 0 Å². The van der Waals surface area contributed by atoms with Gasteiger partial charge in [-0.05, 0) is 44.8 Å². The largest absolute Gasteiger partial charge is 0.468 e. The van der Waals surface area contributed by atoms with Crippen LogP contribution in [0, 0.1) is 12.3 Å². The van der Waals surface area contributed by atoms with Crippen LogP contribution < -0.4 is 10.6 Å². The Hall–Kier alpha value is -2.12. The van der Waals surface area contributed by atoms with Crippen LogP contribution in [-0.4, -0.2) is 37.4 Å². The Bertz CT molecular complexity index is 758. The molecule has 0 spiro atoms. The summed E-state index contributed by atoms with van der Waals surface area (Å²) in [6.07, 6.45) is 1.63. The fourth-order valence-electron chi connectivity index (χ4n) is 2.36. The Labute approximate surface area is 158 Å². The molecule has 0 aliphatic carbocycles. The van der Waals surface area contributed by atoms with Crippen molar-refractivity contribution in [3.8, 4) is 0 Å². The van der Waals surface area contributed by atoms with Gasteiger partial charge in [0.05, 0.1) is 22.2 Å². The van der Waals surface area contributed by atoms with E-state index in [0.29, 0.717) is 16.4 Å². The highest BCUT2D eigenvalue weighted by Crippen LogP contribution is 2.28. The molecule has 0 aromatic carbocycles. The van der Waals surface area contributed by atoms with Crippen LogP contribution in [0.2, 0.25) is 0 Å². The minimum atomic E-state index is -0.484. The van der Waals surface area contributed by atoms with Crippen molar-refractivity contribution in [2.75, 3.05) is 26.0 Å². The van der Waals surface area contributed by atoms with E-state index in [1.807, 2.05) is 64.9 Å². The molecule has 0 aliphatic heterocycles. The van der Waals surface area contributed by atoms with Crippen LogP contribution in [0.1, 0.15) is 47.8 Å². The molecule has 0 saturated carbocycles. The van der Waals surface area contributed by atoms with Gasteiger partial charge in [0.2, 0.25) is 5.91 Å². The molecule has 1 atom stereocenters. The number of furan rings is 1. The predicted molar refractivity (Wildman–Crippen MR) is 105 cm³/mol. The number of amides is 2. The maximum absolute atomic E-state index is 12.6. The first-order chi connectivity index (χ1) is 12.1. The Kier molecular flexibility index (Phi) is 6.26. The van der Waals surface area contributed by atoms with Crippen molar-refractivity contribution in [2.45, 2.75) is 33.7 Å². The van der Waals surface area contributed by atoms with E-state index in [0.717, 1.165) is 11.3 Å². The van der Waals surface area contributed by atoms with Gasteiger partial charge in [0, 0.05) is 12.0 Å². The minimum absolute atomic E-state index is 0.0470. The van der Waals surface area contributed by atoms with Crippen molar-refractivity contribution in [2.24, 2.45) is 5.41 Å². The summed E-state index contributed by atoms with van der Waals surface area (Å²) in [6, 6.07) is 5.52. The number of hydrogen-bond donors (Lipinski definition) is 2. The van der Waals surface area contributed by atoms with E-state index in [9.17, 15) is 9.59 Å². The number of likely N-dealkylation sites (N-methyl/N-ethyl adjacent to an activating group) is 1. The molecule has 2 heterocycles. The average molecular weight is 378 g/mol. The van der Waals surface area contributed by atoms with Crippen molar-refractivity contribution < 1.29 is 14.0 Å². The number of aryl methyl sites for hydroxylation is 1. The molecule has 142 valence electrons. The van der Waals surface area contributed by atoms with Gasteiger partial charge < -0.3 is 15.1 Å². The highest BCUT2D eigenvalue weighted by molar-refractivity contribution is 7.18. The lowest BCUT2D eigenvalue weighted by molar-refractivity contribution is -0.123. The second-order valence-electron chi connectivity index (χ2n) is 7.53. The zero-order chi connectivity index (χ0) is 19.5. The monoisotopic (exact) mass is 377 g/mol. The van der Waals surface area contributed by atoms with E-state index in [1.165, 1.54) is 11.3 Å². The van der Waals surface area contributed by atoms with Gasteiger partial charge in [0.1, 0.15) is 5.76 Å². The van der Waals surface area contributed by atoms with Crippen molar-refractivity contribution in [3.05, 3.63) is 40.7 Å². The number of carbonyl (C=O) groups is 2. The van der Waals surface area contributed by atoms with Crippen molar-refractivity contribution >= 4 is 28.2 Å². The molecule has 1 unspecified atom stereocenters. The highest BCUT2D eigenvalue weighted by atomic mass is 32.1. The van der Waals surface area contributed by atoms with E-state index in [1.54, 1.807) is 6.26 Å². The lowest BCUT2D eigenvalue weighted by Gasteiger charge is -2.22. The van der Waals surface area contributed by atoms with Crippen LogP contribution in [0.3, 0.4) is 0 Å². The van der Waals surface area contributed by atoms with E-state index in [4.69, 9.17) is 4.42 Å². The summed E-state index contributed by atoms with van der Waals surface area (Å²) in [5.41, 5.74) is 0.360. The first kappa shape index (κ1) is 20.2. The molecule has 0 radical (unpaired) electrons. The number of nitrogens with zero attached hydrogens (tertiary/aromatic N) is 1. The molecule has 2 aromatic rings.